The molecule has 1 fully saturated rings. The number of aromatic nitrogens is 2. The molecule has 4 rings (SSSR count). The van der Waals surface area contributed by atoms with Crippen molar-refractivity contribution in [3.05, 3.63) is 106 Å². The Bertz CT molecular complexity index is 1320. The van der Waals surface area contributed by atoms with Crippen molar-refractivity contribution >= 4 is 11.8 Å². The van der Waals surface area contributed by atoms with Crippen molar-refractivity contribution in [3.8, 4) is 17.6 Å². The van der Waals surface area contributed by atoms with E-state index in [9.17, 15) is 20.1 Å². The Morgan fingerprint density at radius 3 is 2.35 bits per heavy atom. The Balaban J connectivity index is 1.44. The van der Waals surface area contributed by atoms with Crippen LogP contribution in [0.25, 0.3) is 0 Å². The number of nitrogens with zero attached hydrogens (tertiary/aromatic N) is 2. The molecular weight excluding hydrogens is 488 g/mol. The number of benzene rings is 2. The van der Waals surface area contributed by atoms with Gasteiger partial charge in [0.25, 0.3) is 11.5 Å². The van der Waals surface area contributed by atoms with Crippen molar-refractivity contribution < 1.29 is 15.3 Å². The van der Waals surface area contributed by atoms with Gasteiger partial charge in [-0.1, -0.05) is 42.7 Å². The second-order valence-electron chi connectivity index (χ2n) is 8.74. The molecule has 9 heteroatoms. The molecule has 1 atom stereocenters. The fraction of sp³-hybridized carbons (Fsp3) is 0.286. The molecule has 8 nitrogen and oxygen atoms in total. The molecule has 0 spiro atoms. The van der Waals surface area contributed by atoms with Crippen molar-refractivity contribution in [2.45, 2.75) is 18.2 Å². The lowest BCUT2D eigenvalue weighted by molar-refractivity contribution is -0.273. The second-order valence-corrected chi connectivity index (χ2v) is 9.96. The minimum absolute atomic E-state index is 0.232. The van der Waals surface area contributed by atoms with Gasteiger partial charge >= 0.3 is 0 Å². The molecule has 1 aliphatic rings. The zero-order valence-electron chi connectivity index (χ0n) is 20.4. The van der Waals surface area contributed by atoms with Crippen LogP contribution >= 0.6 is 11.8 Å². The molecule has 37 heavy (non-hydrogen) atoms. The van der Waals surface area contributed by atoms with Crippen LogP contribution in [0.5, 0.6) is 5.75 Å². The van der Waals surface area contributed by atoms with E-state index in [1.807, 2.05) is 36.0 Å². The van der Waals surface area contributed by atoms with Crippen LogP contribution in [0.4, 0.5) is 0 Å². The van der Waals surface area contributed by atoms with Crippen LogP contribution in [0.3, 0.4) is 0 Å². The fourth-order valence-corrected chi connectivity index (χ4v) is 5.09. The van der Waals surface area contributed by atoms with E-state index in [1.54, 1.807) is 35.4 Å². The first kappa shape index (κ1) is 26.5. The Morgan fingerprint density at radius 2 is 1.73 bits per heavy atom. The largest absolute Gasteiger partial charge is 0.502 e. The van der Waals surface area contributed by atoms with Gasteiger partial charge in [-0.2, -0.15) is 11.8 Å². The highest BCUT2D eigenvalue weighted by atomic mass is 32.2. The van der Waals surface area contributed by atoms with E-state index in [0.29, 0.717) is 37.3 Å². The van der Waals surface area contributed by atoms with Gasteiger partial charge in [-0.05, 0) is 42.4 Å². The summed E-state index contributed by atoms with van der Waals surface area (Å²) in [5.74, 6) is 5.41. The number of hydrogen-bond acceptors (Lipinski definition) is 8. The number of nitrogens with one attached hydrogen (secondary N) is 2. The van der Waals surface area contributed by atoms with Crippen LogP contribution in [-0.2, 0) is 12.3 Å². The molecule has 1 unspecified atom stereocenters. The molecule has 0 aliphatic carbocycles. The number of hydrogen-bond donors (Lipinski definition) is 5. The van der Waals surface area contributed by atoms with Gasteiger partial charge in [-0.15, -0.1) is 0 Å². The first-order valence-corrected chi connectivity index (χ1v) is 13.1. The first-order chi connectivity index (χ1) is 17.9. The van der Waals surface area contributed by atoms with Crippen molar-refractivity contribution in [1.82, 2.24) is 20.2 Å². The predicted molar refractivity (Wildman–Crippen MR) is 145 cm³/mol. The van der Waals surface area contributed by atoms with Gasteiger partial charge in [0.15, 0.2) is 0 Å². The highest BCUT2D eigenvalue weighted by Gasteiger charge is 2.34. The Kier molecular flexibility index (Phi) is 8.69. The van der Waals surface area contributed by atoms with Gasteiger partial charge in [0.05, 0.1) is 12.0 Å². The SMILES string of the molecule is C=CNCC(Cc1ccc(C#Cc2ccc(C(O)(O)N3CCSCC3)cc2)cc1)c1nc[nH]c(=O)c1O. The monoisotopic (exact) mass is 518 g/mol. The van der Waals surface area contributed by atoms with Crippen LogP contribution in [0, 0.1) is 11.8 Å². The van der Waals surface area contributed by atoms with Crippen LogP contribution in [-0.4, -0.2) is 61.3 Å². The van der Waals surface area contributed by atoms with Crippen LogP contribution < -0.4 is 10.9 Å². The molecule has 192 valence electrons. The molecule has 0 saturated carbocycles. The normalized spacial score (nSPS) is 14.9. The van der Waals surface area contributed by atoms with E-state index in [2.05, 4.69) is 33.7 Å². The second kappa shape index (κ2) is 12.1. The zero-order chi connectivity index (χ0) is 26.3. The molecule has 1 saturated heterocycles. The van der Waals surface area contributed by atoms with Crippen molar-refractivity contribution in [1.29, 1.82) is 0 Å². The number of H-pyrrole nitrogens is 1. The summed E-state index contributed by atoms with van der Waals surface area (Å²) in [6, 6.07) is 14.7. The third-order valence-corrected chi connectivity index (χ3v) is 7.21. The predicted octanol–water partition coefficient (Wildman–Crippen LogP) is 2.08. The molecule has 5 N–H and O–H groups in total. The molecule has 0 bridgehead atoms. The molecule has 1 aliphatic heterocycles. The Morgan fingerprint density at radius 1 is 1.11 bits per heavy atom. The van der Waals surface area contributed by atoms with Gasteiger partial charge in [-0.25, -0.2) is 9.88 Å². The first-order valence-electron chi connectivity index (χ1n) is 12.0. The lowest BCUT2D eigenvalue weighted by Crippen LogP contribution is -2.49. The molecule has 2 aromatic carbocycles. The third-order valence-electron chi connectivity index (χ3n) is 6.26. The zero-order valence-corrected chi connectivity index (χ0v) is 21.2. The van der Waals surface area contributed by atoms with E-state index >= 15 is 0 Å². The van der Waals surface area contributed by atoms with Gasteiger partial charge < -0.3 is 25.6 Å². The van der Waals surface area contributed by atoms with Crippen LogP contribution in [0.2, 0.25) is 0 Å². The van der Waals surface area contributed by atoms with Gasteiger partial charge in [-0.3, -0.25) is 4.79 Å². The number of thioether (sulfide) groups is 1. The number of rotatable bonds is 8. The van der Waals surface area contributed by atoms with Crippen molar-refractivity contribution in [2.24, 2.45) is 0 Å². The maximum Gasteiger partial charge on any atom is 0.293 e. The van der Waals surface area contributed by atoms with Crippen LogP contribution in [0.1, 0.15) is 33.9 Å². The highest BCUT2D eigenvalue weighted by molar-refractivity contribution is 7.99. The summed E-state index contributed by atoms with van der Waals surface area (Å²) in [5.41, 5.74) is 2.79. The third kappa shape index (κ3) is 6.61. The maximum atomic E-state index is 11.8. The fourth-order valence-electron chi connectivity index (χ4n) is 4.18. The lowest BCUT2D eigenvalue weighted by Gasteiger charge is -2.37. The molecule has 0 radical (unpaired) electrons. The summed E-state index contributed by atoms with van der Waals surface area (Å²) in [7, 11) is 0. The Hall–Kier alpha value is -3.55. The molecule has 2 heterocycles. The number of aromatic hydroxyl groups is 1. The summed E-state index contributed by atoms with van der Waals surface area (Å²) in [6.45, 7) is 5.38. The summed E-state index contributed by atoms with van der Waals surface area (Å²) in [6.07, 6.45) is 3.41. The average molecular weight is 519 g/mol. The summed E-state index contributed by atoms with van der Waals surface area (Å²) in [5, 5.41) is 34.5. The maximum absolute atomic E-state index is 11.8. The summed E-state index contributed by atoms with van der Waals surface area (Å²) >= 11 is 1.81. The minimum atomic E-state index is -1.98. The van der Waals surface area contributed by atoms with Gasteiger partial charge in [0.1, 0.15) is 0 Å². The van der Waals surface area contributed by atoms with E-state index in [0.717, 1.165) is 28.2 Å². The molecule has 3 aromatic rings. The van der Waals surface area contributed by atoms with E-state index in [-0.39, 0.29) is 11.7 Å². The van der Waals surface area contributed by atoms with Crippen LogP contribution in [0.15, 0.2) is 72.4 Å². The molecule has 1 aromatic heterocycles. The number of aromatic amines is 1. The van der Waals surface area contributed by atoms with E-state index in [4.69, 9.17) is 0 Å². The van der Waals surface area contributed by atoms with Gasteiger partial charge in [0.2, 0.25) is 5.75 Å². The number of aliphatic hydroxyl groups is 2. The smallest absolute Gasteiger partial charge is 0.293 e. The molecule has 0 amide bonds. The topological polar surface area (TPSA) is 122 Å². The molecular formula is C28H30N4O4S. The van der Waals surface area contributed by atoms with Crippen molar-refractivity contribution in [2.75, 3.05) is 31.1 Å². The highest BCUT2D eigenvalue weighted by Crippen LogP contribution is 2.26. The summed E-state index contributed by atoms with van der Waals surface area (Å²) < 4.78 is 0. The van der Waals surface area contributed by atoms with Crippen molar-refractivity contribution in [3.63, 3.8) is 0 Å². The van der Waals surface area contributed by atoms with E-state index in [1.165, 1.54) is 6.33 Å². The van der Waals surface area contributed by atoms with E-state index < -0.39 is 11.5 Å². The quantitative estimate of drug-likeness (QED) is 0.227. The van der Waals surface area contributed by atoms with Gasteiger partial charge in [0, 0.05) is 53.7 Å². The lowest BCUT2D eigenvalue weighted by atomic mass is 9.94. The Labute approximate surface area is 220 Å². The minimum Gasteiger partial charge on any atom is -0.502 e. The summed E-state index contributed by atoms with van der Waals surface area (Å²) in [4.78, 5) is 20.0. The standard InChI is InChI=1S/C28H30N4O4S/c1-2-29-18-23(25-26(33)27(34)31-19-30-25)17-22-7-5-20(6-8-22)3-4-21-9-11-24(12-10-21)28(35,36)32-13-15-37-16-14-32/h2,5-12,19,23,29,33,35-36H,1,13-18H2,(H,30,31,34). The average Bonchev–Trinajstić information content (AvgIpc) is 2.93.